The van der Waals surface area contributed by atoms with E-state index in [4.69, 9.17) is 4.74 Å². The zero-order valence-corrected chi connectivity index (χ0v) is 10.1. The number of benzene rings is 1. The Labute approximate surface area is 103 Å². The van der Waals surface area contributed by atoms with Crippen LogP contribution in [0.25, 0.3) is 0 Å². The fourth-order valence-corrected chi connectivity index (χ4v) is 1.55. The van der Waals surface area contributed by atoms with Gasteiger partial charge < -0.3 is 10.1 Å². The van der Waals surface area contributed by atoms with Crippen LogP contribution in [0.15, 0.2) is 12.1 Å². The molecule has 100 valence electrons. The molecule has 6 heteroatoms. The largest absolute Gasteiger partial charge is 0.466 e. The first-order valence-electron chi connectivity index (χ1n) is 5.46. The minimum Gasteiger partial charge on any atom is -0.466 e. The zero-order valence-electron chi connectivity index (χ0n) is 10.1. The van der Waals surface area contributed by atoms with E-state index in [2.05, 4.69) is 5.32 Å². The molecular formula is C12H14F3NO2. The van der Waals surface area contributed by atoms with Crippen molar-refractivity contribution in [1.29, 1.82) is 0 Å². The number of rotatable bonds is 5. The summed E-state index contributed by atoms with van der Waals surface area (Å²) in [5.74, 6) is -4.59. The molecule has 1 N–H and O–H groups in total. The second-order valence-electron chi connectivity index (χ2n) is 3.65. The zero-order chi connectivity index (χ0) is 13.7. The molecular weight excluding hydrogens is 247 g/mol. The lowest BCUT2D eigenvalue weighted by molar-refractivity contribution is -0.143. The lowest BCUT2D eigenvalue weighted by Crippen LogP contribution is -2.21. The van der Waals surface area contributed by atoms with Gasteiger partial charge in [-0.1, -0.05) is 0 Å². The molecule has 18 heavy (non-hydrogen) atoms. The first-order chi connectivity index (χ1) is 8.49. The lowest BCUT2D eigenvalue weighted by atomic mass is 10.0. The molecule has 1 aromatic rings. The van der Waals surface area contributed by atoms with Gasteiger partial charge in [0.15, 0.2) is 17.5 Å². The lowest BCUT2D eigenvalue weighted by Gasteiger charge is -2.16. The van der Waals surface area contributed by atoms with E-state index in [9.17, 15) is 18.0 Å². The number of ether oxygens (including phenoxy) is 1. The molecule has 1 rings (SSSR count). The summed E-state index contributed by atoms with van der Waals surface area (Å²) in [6.45, 7) is 1.88. The van der Waals surface area contributed by atoms with Gasteiger partial charge in [-0.3, -0.25) is 4.79 Å². The van der Waals surface area contributed by atoms with Crippen LogP contribution in [-0.4, -0.2) is 19.6 Å². The Kier molecular flexibility index (Phi) is 5.15. The Morgan fingerprint density at radius 3 is 2.33 bits per heavy atom. The maximum atomic E-state index is 13.1. The van der Waals surface area contributed by atoms with Gasteiger partial charge in [0.1, 0.15) is 0 Å². The highest BCUT2D eigenvalue weighted by Gasteiger charge is 2.19. The van der Waals surface area contributed by atoms with E-state index in [1.165, 1.54) is 7.05 Å². The molecule has 0 aromatic heterocycles. The molecule has 0 fully saturated rings. The van der Waals surface area contributed by atoms with Gasteiger partial charge in [-0.2, -0.15) is 0 Å². The smallest absolute Gasteiger partial charge is 0.307 e. The van der Waals surface area contributed by atoms with Gasteiger partial charge in [0.2, 0.25) is 0 Å². The number of carbonyl (C=O) groups is 1. The molecule has 0 aliphatic carbocycles. The first kappa shape index (κ1) is 14.5. The van der Waals surface area contributed by atoms with Crippen LogP contribution >= 0.6 is 0 Å². The van der Waals surface area contributed by atoms with Crippen molar-refractivity contribution in [2.75, 3.05) is 13.7 Å². The second kappa shape index (κ2) is 6.39. The van der Waals surface area contributed by atoms with Crippen LogP contribution in [0, 0.1) is 17.5 Å². The molecule has 0 amide bonds. The Hall–Kier alpha value is -1.56. The molecule has 0 aliphatic rings. The standard InChI is InChI=1S/C12H14F3NO2/c1-3-18-11(17)6-10(16-2)7-4-8(13)12(15)9(14)5-7/h4-5,10,16H,3,6H2,1-2H3. The molecule has 1 atom stereocenters. The molecule has 0 bridgehead atoms. The molecule has 0 heterocycles. The topological polar surface area (TPSA) is 38.3 Å². The van der Waals surface area contributed by atoms with Crippen molar-refractivity contribution in [3.63, 3.8) is 0 Å². The van der Waals surface area contributed by atoms with Crippen molar-refractivity contribution in [3.8, 4) is 0 Å². The van der Waals surface area contributed by atoms with Gasteiger partial charge >= 0.3 is 5.97 Å². The SMILES string of the molecule is CCOC(=O)CC(NC)c1cc(F)c(F)c(F)c1. The number of esters is 1. The highest BCUT2D eigenvalue weighted by Crippen LogP contribution is 2.21. The molecule has 0 radical (unpaired) electrons. The number of halogens is 3. The molecule has 0 spiro atoms. The van der Waals surface area contributed by atoms with Crippen LogP contribution in [0.4, 0.5) is 13.2 Å². The van der Waals surface area contributed by atoms with Crippen LogP contribution in [0.5, 0.6) is 0 Å². The van der Waals surface area contributed by atoms with Crippen molar-refractivity contribution in [1.82, 2.24) is 5.32 Å². The summed E-state index contributed by atoms with van der Waals surface area (Å²) in [7, 11) is 1.53. The quantitative estimate of drug-likeness (QED) is 0.653. The van der Waals surface area contributed by atoms with Gasteiger partial charge in [-0.15, -0.1) is 0 Å². The predicted molar refractivity (Wildman–Crippen MR) is 59.4 cm³/mol. The summed E-state index contributed by atoms with van der Waals surface area (Å²) < 4.78 is 43.7. The number of hydrogen-bond acceptors (Lipinski definition) is 3. The fraction of sp³-hybridized carbons (Fsp3) is 0.417. The third kappa shape index (κ3) is 3.46. The highest BCUT2D eigenvalue weighted by atomic mass is 19.2. The summed E-state index contributed by atoms with van der Waals surface area (Å²) in [6, 6.07) is 1.09. The van der Waals surface area contributed by atoms with Crippen molar-refractivity contribution < 1.29 is 22.7 Å². The first-order valence-corrected chi connectivity index (χ1v) is 5.46. The highest BCUT2D eigenvalue weighted by molar-refractivity contribution is 5.70. The summed E-state index contributed by atoms with van der Waals surface area (Å²) in [5.41, 5.74) is 0.155. The Morgan fingerprint density at radius 1 is 1.33 bits per heavy atom. The minimum absolute atomic E-state index is 0.0884. The second-order valence-corrected chi connectivity index (χ2v) is 3.65. The Balaban J connectivity index is 2.92. The van der Waals surface area contributed by atoms with E-state index < -0.39 is 29.5 Å². The molecule has 1 unspecified atom stereocenters. The molecule has 0 saturated heterocycles. The Morgan fingerprint density at radius 2 is 1.89 bits per heavy atom. The van der Waals surface area contributed by atoms with Crippen LogP contribution < -0.4 is 5.32 Å². The molecule has 0 aliphatic heterocycles. The maximum absolute atomic E-state index is 13.1. The molecule has 0 saturated carbocycles. The maximum Gasteiger partial charge on any atom is 0.307 e. The van der Waals surface area contributed by atoms with Crippen LogP contribution in [-0.2, 0) is 9.53 Å². The van der Waals surface area contributed by atoms with E-state index in [1.807, 2.05) is 0 Å². The minimum atomic E-state index is -1.52. The van der Waals surface area contributed by atoms with E-state index in [1.54, 1.807) is 6.92 Å². The normalized spacial score (nSPS) is 12.3. The number of hydrogen-bond donors (Lipinski definition) is 1. The van der Waals surface area contributed by atoms with Crippen molar-refractivity contribution in [3.05, 3.63) is 35.1 Å². The number of nitrogens with one attached hydrogen (secondary N) is 1. The summed E-state index contributed by atoms with van der Waals surface area (Å²) in [6.07, 6.45) is -0.0884. The summed E-state index contributed by atoms with van der Waals surface area (Å²) >= 11 is 0. The van der Waals surface area contributed by atoms with Gasteiger partial charge in [0, 0.05) is 6.04 Å². The Bertz CT molecular complexity index is 414. The monoisotopic (exact) mass is 261 g/mol. The van der Waals surface area contributed by atoms with E-state index >= 15 is 0 Å². The van der Waals surface area contributed by atoms with Crippen molar-refractivity contribution in [2.24, 2.45) is 0 Å². The summed E-state index contributed by atoms with van der Waals surface area (Å²) in [4.78, 5) is 11.3. The third-order valence-corrected chi connectivity index (χ3v) is 2.43. The van der Waals surface area contributed by atoms with Crippen molar-refractivity contribution in [2.45, 2.75) is 19.4 Å². The third-order valence-electron chi connectivity index (χ3n) is 2.43. The van der Waals surface area contributed by atoms with E-state index in [0.717, 1.165) is 12.1 Å². The van der Waals surface area contributed by atoms with Gasteiger partial charge in [-0.25, -0.2) is 13.2 Å². The average Bonchev–Trinajstić information content (AvgIpc) is 2.32. The van der Waals surface area contributed by atoms with Crippen LogP contribution in [0.1, 0.15) is 24.9 Å². The van der Waals surface area contributed by atoms with E-state index in [0.29, 0.717) is 0 Å². The number of carbonyl (C=O) groups excluding carboxylic acids is 1. The van der Waals surface area contributed by atoms with E-state index in [-0.39, 0.29) is 18.6 Å². The van der Waals surface area contributed by atoms with Gasteiger partial charge in [0.25, 0.3) is 0 Å². The van der Waals surface area contributed by atoms with Crippen LogP contribution in [0.3, 0.4) is 0 Å². The van der Waals surface area contributed by atoms with Gasteiger partial charge in [0.05, 0.1) is 13.0 Å². The summed E-state index contributed by atoms with van der Waals surface area (Å²) in [5, 5.41) is 2.72. The average molecular weight is 261 g/mol. The fourth-order valence-electron chi connectivity index (χ4n) is 1.55. The predicted octanol–water partition coefficient (Wildman–Crippen LogP) is 2.32. The molecule has 1 aromatic carbocycles. The molecule has 3 nitrogen and oxygen atoms in total. The van der Waals surface area contributed by atoms with Gasteiger partial charge in [-0.05, 0) is 31.7 Å². The van der Waals surface area contributed by atoms with Crippen molar-refractivity contribution >= 4 is 5.97 Å². The van der Waals surface area contributed by atoms with Crippen LogP contribution in [0.2, 0.25) is 0 Å².